The summed E-state index contributed by atoms with van der Waals surface area (Å²) in [6, 6.07) is 7.31. The molecule has 2 N–H and O–H groups in total. The van der Waals surface area contributed by atoms with Crippen LogP contribution in [-0.4, -0.2) is 72.2 Å². The Kier molecular flexibility index (Phi) is 9.52. The average Bonchev–Trinajstić information content (AvgIpc) is 2.59. The van der Waals surface area contributed by atoms with E-state index in [1.807, 2.05) is 18.2 Å². The van der Waals surface area contributed by atoms with Crippen molar-refractivity contribution in [1.29, 1.82) is 0 Å². The van der Waals surface area contributed by atoms with Gasteiger partial charge in [0.1, 0.15) is 18.5 Å². The van der Waals surface area contributed by atoms with Gasteiger partial charge in [-0.1, -0.05) is 6.07 Å². The first-order valence-electron chi connectivity index (χ1n) is 8.25. The summed E-state index contributed by atoms with van der Waals surface area (Å²) in [5.41, 5.74) is 6.41. The lowest BCUT2D eigenvalue weighted by atomic mass is 10.3. The fraction of sp³-hybridized carbons (Fsp3) is 0.647. The molecule has 0 aliphatic carbocycles. The number of anilines is 1. The molecule has 1 fully saturated rings. The van der Waals surface area contributed by atoms with Gasteiger partial charge in [0.25, 0.3) is 0 Å². The molecule has 0 spiro atoms. The van der Waals surface area contributed by atoms with Crippen LogP contribution in [0.4, 0.5) is 5.69 Å². The molecule has 1 unspecified atom stereocenters. The molecule has 7 nitrogen and oxygen atoms in total. The monoisotopic (exact) mass is 341 g/mol. The van der Waals surface area contributed by atoms with E-state index < -0.39 is 0 Å². The quantitative estimate of drug-likeness (QED) is 0.825. The van der Waals surface area contributed by atoms with Crippen LogP contribution in [-0.2, 0) is 23.7 Å². The highest BCUT2D eigenvalue weighted by molar-refractivity contribution is 5.43. The van der Waals surface area contributed by atoms with Crippen LogP contribution in [0.2, 0.25) is 0 Å². The Hall–Kier alpha value is -1.38. The van der Waals surface area contributed by atoms with Gasteiger partial charge in [-0.3, -0.25) is 0 Å². The zero-order chi connectivity index (χ0) is 16.9. The van der Waals surface area contributed by atoms with Crippen molar-refractivity contribution >= 4 is 5.69 Å². The summed E-state index contributed by atoms with van der Waals surface area (Å²) in [5.74, 6) is 0.714. The van der Waals surface area contributed by atoms with Crippen molar-refractivity contribution in [2.24, 2.45) is 0 Å². The molecular formula is C17H27NO6. The van der Waals surface area contributed by atoms with E-state index in [0.717, 1.165) is 0 Å². The van der Waals surface area contributed by atoms with Crippen LogP contribution in [0.1, 0.15) is 0 Å². The molecule has 0 bridgehead atoms. The molecule has 0 aromatic heterocycles. The maximum Gasteiger partial charge on any atom is 0.121 e. The van der Waals surface area contributed by atoms with Crippen molar-refractivity contribution in [2.45, 2.75) is 6.10 Å². The lowest BCUT2D eigenvalue weighted by Crippen LogP contribution is -2.29. The SMILES string of the molecule is Nc1cccc(OCC2COCCOCCOCCOCCO2)c1. The number of rotatable bonds is 3. The van der Waals surface area contributed by atoms with Crippen LogP contribution >= 0.6 is 0 Å². The van der Waals surface area contributed by atoms with Gasteiger partial charge in [-0.15, -0.1) is 0 Å². The summed E-state index contributed by atoms with van der Waals surface area (Å²) in [7, 11) is 0. The predicted molar refractivity (Wildman–Crippen MR) is 89.4 cm³/mol. The van der Waals surface area contributed by atoms with Gasteiger partial charge in [-0.25, -0.2) is 0 Å². The molecule has 2 rings (SSSR count). The van der Waals surface area contributed by atoms with Crippen LogP contribution in [0, 0.1) is 0 Å². The molecule has 1 heterocycles. The Morgan fingerprint density at radius 2 is 1.50 bits per heavy atom. The first-order chi connectivity index (χ1) is 11.8. The highest BCUT2D eigenvalue weighted by Gasteiger charge is 2.11. The number of ether oxygens (including phenoxy) is 6. The summed E-state index contributed by atoms with van der Waals surface area (Å²) in [4.78, 5) is 0. The minimum Gasteiger partial charge on any atom is -0.491 e. The number of benzene rings is 1. The molecule has 1 aromatic carbocycles. The maximum atomic E-state index is 5.78. The third-order valence-electron chi connectivity index (χ3n) is 3.29. The van der Waals surface area contributed by atoms with Crippen molar-refractivity contribution in [1.82, 2.24) is 0 Å². The topological polar surface area (TPSA) is 81.4 Å². The number of hydrogen-bond donors (Lipinski definition) is 1. The van der Waals surface area contributed by atoms with Crippen molar-refractivity contribution in [2.75, 3.05) is 71.8 Å². The Balaban J connectivity index is 1.75. The molecule has 1 aliphatic rings. The molecule has 1 aliphatic heterocycles. The number of hydrogen-bond acceptors (Lipinski definition) is 7. The third-order valence-corrected chi connectivity index (χ3v) is 3.29. The van der Waals surface area contributed by atoms with Crippen LogP contribution in [0.5, 0.6) is 5.75 Å². The van der Waals surface area contributed by atoms with E-state index in [1.165, 1.54) is 0 Å². The van der Waals surface area contributed by atoms with E-state index in [9.17, 15) is 0 Å². The average molecular weight is 341 g/mol. The largest absolute Gasteiger partial charge is 0.491 e. The molecule has 0 radical (unpaired) electrons. The molecule has 1 aromatic rings. The predicted octanol–water partition coefficient (Wildman–Crippen LogP) is 1.11. The van der Waals surface area contributed by atoms with Gasteiger partial charge in [0.2, 0.25) is 0 Å². The molecule has 1 saturated heterocycles. The van der Waals surface area contributed by atoms with Crippen LogP contribution < -0.4 is 10.5 Å². The zero-order valence-electron chi connectivity index (χ0n) is 14.0. The van der Waals surface area contributed by atoms with Crippen molar-refractivity contribution in [3.8, 4) is 5.75 Å². The smallest absolute Gasteiger partial charge is 0.121 e. The Labute approximate surface area is 142 Å². The third kappa shape index (κ3) is 8.47. The first-order valence-corrected chi connectivity index (χ1v) is 8.25. The summed E-state index contributed by atoms with van der Waals surface area (Å²) >= 11 is 0. The molecule has 7 heteroatoms. The summed E-state index contributed by atoms with van der Waals surface area (Å²) < 4.78 is 33.3. The standard InChI is InChI=1S/C17H27NO6/c18-15-2-1-3-16(12-15)24-14-17-13-22-9-8-20-5-4-19-6-7-21-10-11-23-17/h1-3,12,17H,4-11,13-14,18H2. The molecular weight excluding hydrogens is 314 g/mol. The normalized spacial score (nSPS) is 22.2. The van der Waals surface area contributed by atoms with Crippen molar-refractivity contribution in [3.05, 3.63) is 24.3 Å². The lowest BCUT2D eigenvalue weighted by molar-refractivity contribution is -0.0606. The van der Waals surface area contributed by atoms with E-state index in [1.54, 1.807) is 6.07 Å². The van der Waals surface area contributed by atoms with E-state index >= 15 is 0 Å². The van der Waals surface area contributed by atoms with Crippen LogP contribution in [0.3, 0.4) is 0 Å². The van der Waals surface area contributed by atoms with E-state index in [-0.39, 0.29) is 6.10 Å². The van der Waals surface area contributed by atoms with Gasteiger partial charge in [-0.05, 0) is 12.1 Å². The Morgan fingerprint density at radius 1 is 0.875 bits per heavy atom. The Bertz CT molecular complexity index is 429. The first kappa shape index (κ1) is 19.0. The summed E-state index contributed by atoms with van der Waals surface area (Å²) in [5, 5.41) is 0. The second-order valence-corrected chi connectivity index (χ2v) is 5.29. The van der Waals surface area contributed by atoms with E-state index in [4.69, 9.17) is 34.2 Å². The second kappa shape index (κ2) is 12.0. The fourth-order valence-electron chi connectivity index (χ4n) is 2.09. The van der Waals surface area contributed by atoms with Crippen molar-refractivity contribution < 1.29 is 28.4 Å². The summed E-state index contributed by atoms with van der Waals surface area (Å²) in [6.45, 7) is 5.07. The number of nitrogens with two attached hydrogens (primary N) is 1. The Morgan fingerprint density at radius 3 is 2.17 bits per heavy atom. The zero-order valence-corrected chi connectivity index (χ0v) is 14.0. The number of nitrogen functional groups attached to an aromatic ring is 1. The van der Waals surface area contributed by atoms with Gasteiger partial charge in [0, 0.05) is 11.8 Å². The summed E-state index contributed by atoms with van der Waals surface area (Å²) in [6.07, 6.45) is -0.184. The molecule has 0 saturated carbocycles. The highest BCUT2D eigenvalue weighted by Crippen LogP contribution is 2.15. The minimum absolute atomic E-state index is 0.184. The van der Waals surface area contributed by atoms with Crippen LogP contribution in [0.25, 0.3) is 0 Å². The highest BCUT2D eigenvalue weighted by atomic mass is 16.6. The fourth-order valence-corrected chi connectivity index (χ4v) is 2.09. The maximum absolute atomic E-state index is 5.78. The molecule has 1 atom stereocenters. The van der Waals surface area contributed by atoms with Crippen molar-refractivity contribution in [3.63, 3.8) is 0 Å². The van der Waals surface area contributed by atoms with E-state index in [2.05, 4.69) is 0 Å². The second-order valence-electron chi connectivity index (χ2n) is 5.29. The molecule has 24 heavy (non-hydrogen) atoms. The molecule has 136 valence electrons. The minimum atomic E-state index is -0.184. The van der Waals surface area contributed by atoms with Gasteiger partial charge in [0.05, 0.1) is 59.5 Å². The van der Waals surface area contributed by atoms with Crippen LogP contribution in [0.15, 0.2) is 24.3 Å². The van der Waals surface area contributed by atoms with E-state index in [0.29, 0.717) is 77.5 Å². The van der Waals surface area contributed by atoms with Gasteiger partial charge in [0.15, 0.2) is 0 Å². The van der Waals surface area contributed by atoms with Gasteiger partial charge in [-0.2, -0.15) is 0 Å². The molecule has 0 amide bonds. The lowest BCUT2D eigenvalue weighted by Gasteiger charge is -2.19. The van der Waals surface area contributed by atoms with Gasteiger partial charge < -0.3 is 34.2 Å². The van der Waals surface area contributed by atoms with Gasteiger partial charge >= 0.3 is 0 Å².